The highest BCUT2D eigenvalue weighted by Crippen LogP contribution is 2.36. The van der Waals surface area contributed by atoms with Crippen molar-refractivity contribution >= 4 is 23.8 Å². The van der Waals surface area contributed by atoms with Crippen molar-refractivity contribution in [3.05, 3.63) is 41.6 Å². The topological polar surface area (TPSA) is 64.6 Å². The Morgan fingerprint density at radius 2 is 2.00 bits per heavy atom. The first-order chi connectivity index (χ1) is 11.2. The highest BCUT2D eigenvalue weighted by molar-refractivity contribution is 8.00. The summed E-state index contributed by atoms with van der Waals surface area (Å²) in [6.07, 6.45) is 0.257. The second kappa shape index (κ2) is 9.21. The molecule has 0 atom stereocenters. The zero-order valence-electron chi connectivity index (χ0n) is 13.0. The summed E-state index contributed by atoms with van der Waals surface area (Å²) in [7, 11) is 0. The van der Waals surface area contributed by atoms with Gasteiger partial charge in [-0.3, -0.25) is 5.32 Å². The van der Waals surface area contributed by atoms with Crippen molar-refractivity contribution in [2.75, 3.05) is 6.61 Å². The van der Waals surface area contributed by atoms with Gasteiger partial charge in [-0.2, -0.15) is 13.2 Å². The number of thioether (sulfide) groups is 1. The van der Waals surface area contributed by atoms with Gasteiger partial charge >= 0.3 is 17.6 Å². The molecular formula is C15H16F3NO4S. The van der Waals surface area contributed by atoms with Gasteiger partial charge < -0.3 is 9.47 Å². The Hall–Kier alpha value is -2.16. The molecule has 0 aliphatic heterocycles. The molecule has 0 heterocycles. The van der Waals surface area contributed by atoms with Crippen LogP contribution in [0.15, 0.2) is 40.9 Å². The van der Waals surface area contributed by atoms with E-state index in [1.165, 1.54) is 31.2 Å². The van der Waals surface area contributed by atoms with Crippen LogP contribution in [0.4, 0.5) is 18.0 Å². The van der Waals surface area contributed by atoms with Crippen molar-refractivity contribution in [1.29, 1.82) is 0 Å². The van der Waals surface area contributed by atoms with E-state index < -0.39 is 17.6 Å². The van der Waals surface area contributed by atoms with E-state index in [1.54, 1.807) is 6.92 Å². The number of esters is 1. The lowest BCUT2D eigenvalue weighted by Crippen LogP contribution is -2.23. The number of carbonyl (C=O) groups is 2. The van der Waals surface area contributed by atoms with Crippen molar-refractivity contribution in [3.8, 4) is 0 Å². The standard InChI is InChI=1S/C15H16F3NO4S/c1-3-22-13(20)7-10(2)19-14(21)23-9-11-5-4-6-12(8-11)24-15(16,17)18/h4-8H,3,9H2,1-2H3,(H,19,21)/b10-7-. The number of nitrogens with one attached hydrogen (secondary N) is 1. The van der Waals surface area contributed by atoms with Crippen LogP contribution in [0.3, 0.4) is 0 Å². The summed E-state index contributed by atoms with van der Waals surface area (Å²) in [5.41, 5.74) is -3.75. The van der Waals surface area contributed by atoms with Gasteiger partial charge in [-0.25, -0.2) is 9.59 Å². The minimum absolute atomic E-state index is 0.00222. The van der Waals surface area contributed by atoms with Gasteiger partial charge in [0.15, 0.2) is 0 Å². The molecule has 0 saturated carbocycles. The summed E-state index contributed by atoms with van der Waals surface area (Å²) in [4.78, 5) is 22.8. The van der Waals surface area contributed by atoms with Crippen LogP contribution < -0.4 is 5.32 Å². The van der Waals surface area contributed by atoms with Gasteiger partial charge in [0, 0.05) is 16.7 Å². The molecule has 1 rings (SSSR count). The Morgan fingerprint density at radius 3 is 2.62 bits per heavy atom. The second-order valence-electron chi connectivity index (χ2n) is 4.48. The first-order valence-corrected chi connectivity index (χ1v) is 7.64. The number of amides is 1. The van der Waals surface area contributed by atoms with Gasteiger partial charge in [0.2, 0.25) is 0 Å². The van der Waals surface area contributed by atoms with E-state index in [-0.39, 0.29) is 35.6 Å². The van der Waals surface area contributed by atoms with Crippen molar-refractivity contribution < 1.29 is 32.2 Å². The zero-order chi connectivity index (χ0) is 18.2. The molecule has 0 aliphatic carbocycles. The van der Waals surface area contributed by atoms with Gasteiger partial charge in [0.1, 0.15) is 6.61 Å². The number of hydrogen-bond acceptors (Lipinski definition) is 5. The molecule has 1 aromatic carbocycles. The summed E-state index contributed by atoms with van der Waals surface area (Å²) in [6, 6.07) is 5.58. The molecule has 0 saturated heterocycles. The average Bonchev–Trinajstić information content (AvgIpc) is 2.43. The third-order valence-electron chi connectivity index (χ3n) is 2.42. The first kappa shape index (κ1) is 19.9. The molecule has 0 aliphatic rings. The number of benzene rings is 1. The largest absolute Gasteiger partial charge is 0.463 e. The van der Waals surface area contributed by atoms with Crippen LogP contribution in [0.2, 0.25) is 0 Å². The van der Waals surface area contributed by atoms with Crippen LogP contribution in [0.25, 0.3) is 0 Å². The molecule has 0 fully saturated rings. The number of carbonyl (C=O) groups excluding carboxylic acids is 2. The van der Waals surface area contributed by atoms with Crippen LogP contribution in [-0.2, 0) is 20.9 Å². The fraction of sp³-hybridized carbons (Fsp3) is 0.333. The van der Waals surface area contributed by atoms with Crippen molar-refractivity contribution in [2.24, 2.45) is 0 Å². The number of halogens is 3. The maximum atomic E-state index is 12.3. The van der Waals surface area contributed by atoms with Crippen LogP contribution in [0, 0.1) is 0 Å². The fourth-order valence-electron chi connectivity index (χ4n) is 1.58. The van der Waals surface area contributed by atoms with E-state index in [9.17, 15) is 22.8 Å². The maximum absolute atomic E-state index is 12.3. The molecule has 0 unspecified atom stereocenters. The Kier molecular flexibility index (Phi) is 7.63. The molecule has 9 heteroatoms. The van der Waals surface area contributed by atoms with Crippen LogP contribution in [-0.4, -0.2) is 24.2 Å². The van der Waals surface area contributed by atoms with E-state index in [0.717, 1.165) is 6.08 Å². The van der Waals surface area contributed by atoms with Gasteiger partial charge in [-0.05, 0) is 43.3 Å². The molecular weight excluding hydrogens is 347 g/mol. The summed E-state index contributed by atoms with van der Waals surface area (Å²) < 4.78 is 46.5. The molecule has 0 spiro atoms. The maximum Gasteiger partial charge on any atom is 0.446 e. The number of allylic oxidation sites excluding steroid dienone is 1. The molecule has 0 bridgehead atoms. The first-order valence-electron chi connectivity index (χ1n) is 6.83. The summed E-state index contributed by atoms with van der Waals surface area (Å²) in [5.74, 6) is -0.604. The summed E-state index contributed by atoms with van der Waals surface area (Å²) in [5, 5.41) is 2.31. The lowest BCUT2D eigenvalue weighted by atomic mass is 10.2. The molecule has 0 aromatic heterocycles. The lowest BCUT2D eigenvalue weighted by Gasteiger charge is -2.09. The van der Waals surface area contributed by atoms with E-state index in [0.29, 0.717) is 5.56 Å². The van der Waals surface area contributed by atoms with Crippen molar-refractivity contribution in [2.45, 2.75) is 30.9 Å². The number of ether oxygens (including phenoxy) is 2. The molecule has 1 amide bonds. The number of alkyl halides is 3. The van der Waals surface area contributed by atoms with Crippen molar-refractivity contribution in [3.63, 3.8) is 0 Å². The summed E-state index contributed by atoms with van der Waals surface area (Å²) in [6.45, 7) is 3.12. The van der Waals surface area contributed by atoms with E-state index in [1.807, 2.05) is 0 Å². The van der Waals surface area contributed by atoms with Crippen LogP contribution in [0.5, 0.6) is 0 Å². The Bertz CT molecular complexity index is 617. The predicted octanol–water partition coefficient (Wildman–Crippen LogP) is 3.99. The second-order valence-corrected chi connectivity index (χ2v) is 5.61. The highest BCUT2D eigenvalue weighted by atomic mass is 32.2. The molecule has 5 nitrogen and oxygen atoms in total. The minimum atomic E-state index is -4.38. The smallest absolute Gasteiger partial charge is 0.446 e. The van der Waals surface area contributed by atoms with Gasteiger partial charge in [-0.1, -0.05) is 12.1 Å². The van der Waals surface area contributed by atoms with Gasteiger partial charge in [0.25, 0.3) is 0 Å². The third-order valence-corrected chi connectivity index (χ3v) is 3.14. The van der Waals surface area contributed by atoms with Crippen LogP contribution in [0.1, 0.15) is 19.4 Å². The highest BCUT2D eigenvalue weighted by Gasteiger charge is 2.29. The predicted molar refractivity (Wildman–Crippen MR) is 82.1 cm³/mol. The summed E-state index contributed by atoms with van der Waals surface area (Å²) >= 11 is -0.245. The zero-order valence-corrected chi connectivity index (χ0v) is 13.8. The number of hydrogen-bond donors (Lipinski definition) is 1. The molecule has 24 heavy (non-hydrogen) atoms. The van der Waals surface area contributed by atoms with Gasteiger partial charge in [0.05, 0.1) is 6.61 Å². The third kappa shape index (κ3) is 8.47. The minimum Gasteiger partial charge on any atom is -0.463 e. The lowest BCUT2D eigenvalue weighted by molar-refractivity contribution is -0.137. The van der Waals surface area contributed by atoms with Crippen molar-refractivity contribution in [1.82, 2.24) is 5.32 Å². The molecule has 1 aromatic rings. The Morgan fingerprint density at radius 1 is 1.29 bits per heavy atom. The molecule has 0 radical (unpaired) electrons. The Labute approximate surface area is 141 Å². The van der Waals surface area contributed by atoms with E-state index >= 15 is 0 Å². The normalized spacial score (nSPS) is 11.8. The number of alkyl carbamates (subject to hydrolysis) is 1. The van der Waals surface area contributed by atoms with E-state index in [2.05, 4.69) is 10.1 Å². The Balaban J connectivity index is 2.52. The fourth-order valence-corrected chi connectivity index (χ4v) is 2.20. The van der Waals surface area contributed by atoms with E-state index in [4.69, 9.17) is 4.74 Å². The SMILES string of the molecule is CCOC(=O)/C=C(/C)NC(=O)OCc1cccc(SC(F)(F)F)c1. The molecule has 1 N–H and O–H groups in total. The average molecular weight is 363 g/mol. The quantitative estimate of drug-likeness (QED) is 0.470. The van der Waals surface area contributed by atoms with Crippen LogP contribution >= 0.6 is 11.8 Å². The van der Waals surface area contributed by atoms with Gasteiger partial charge in [-0.15, -0.1) is 0 Å². The number of rotatable bonds is 6. The monoisotopic (exact) mass is 363 g/mol. The molecule has 132 valence electrons.